The van der Waals surface area contributed by atoms with E-state index in [0.717, 1.165) is 35.6 Å². The molecule has 194 valence electrons. The molecule has 0 saturated heterocycles. The molecule has 0 radical (unpaired) electrons. The predicted molar refractivity (Wildman–Crippen MR) is 145 cm³/mol. The molecular formula is C27H30ClFN6O2. The van der Waals surface area contributed by atoms with Crippen LogP contribution in [0.15, 0.2) is 53.8 Å². The van der Waals surface area contributed by atoms with Gasteiger partial charge in [-0.1, -0.05) is 29.8 Å². The van der Waals surface area contributed by atoms with Crippen molar-refractivity contribution in [1.29, 1.82) is 5.41 Å². The van der Waals surface area contributed by atoms with Gasteiger partial charge in [0, 0.05) is 31.6 Å². The smallest absolute Gasteiger partial charge is 0.257 e. The SMILES string of the molecule is C/C(O)=C(/C(=N)c1c(F)cccc1Cl)C(=O)NC1CCC(Nc2nc(N(C)C)c3ccccc3n2)CC1. The Morgan fingerprint density at radius 2 is 1.76 bits per heavy atom. The number of allylic oxidation sites excluding steroid dienone is 1. The van der Waals surface area contributed by atoms with Crippen LogP contribution >= 0.6 is 11.6 Å². The standard InChI is InChI=1S/C27H30ClFN6O2/c1-15(36)22(24(30)23-19(28)8-6-9-20(23)29)26(37)31-16-11-13-17(14-12-16)32-27-33-21-10-5-4-7-18(21)25(34-27)35(2)3/h4-10,16-17,30,36H,11-14H2,1-3H3,(H,31,37)(H,32,33,34)/b22-15+,30-24?. The number of hydrogen-bond acceptors (Lipinski definition) is 7. The second-order valence-electron chi connectivity index (χ2n) is 9.38. The van der Waals surface area contributed by atoms with Crippen LogP contribution in [0.1, 0.15) is 38.2 Å². The molecule has 8 nitrogen and oxygen atoms in total. The zero-order valence-corrected chi connectivity index (χ0v) is 21.7. The molecule has 4 N–H and O–H groups in total. The summed E-state index contributed by atoms with van der Waals surface area (Å²) in [4.78, 5) is 24.3. The quantitative estimate of drug-likeness (QED) is 0.191. The molecule has 1 aliphatic rings. The summed E-state index contributed by atoms with van der Waals surface area (Å²) >= 11 is 6.07. The second-order valence-corrected chi connectivity index (χ2v) is 9.79. The summed E-state index contributed by atoms with van der Waals surface area (Å²) in [5.41, 5.74) is -0.113. The van der Waals surface area contributed by atoms with E-state index in [0.29, 0.717) is 18.8 Å². The second kappa shape index (κ2) is 11.1. The van der Waals surface area contributed by atoms with Gasteiger partial charge in [-0.15, -0.1) is 0 Å². The van der Waals surface area contributed by atoms with Crippen molar-refractivity contribution in [3.8, 4) is 0 Å². The average Bonchev–Trinajstić information content (AvgIpc) is 2.84. The molecule has 1 amide bonds. The van der Waals surface area contributed by atoms with Crippen molar-refractivity contribution in [2.75, 3.05) is 24.3 Å². The van der Waals surface area contributed by atoms with E-state index in [9.17, 15) is 14.3 Å². The lowest BCUT2D eigenvalue weighted by Crippen LogP contribution is -2.42. The van der Waals surface area contributed by atoms with Gasteiger partial charge in [0.1, 0.15) is 23.0 Å². The molecule has 1 fully saturated rings. The lowest BCUT2D eigenvalue weighted by atomic mass is 9.90. The van der Waals surface area contributed by atoms with Gasteiger partial charge in [-0.3, -0.25) is 10.2 Å². The van der Waals surface area contributed by atoms with Gasteiger partial charge in [0.2, 0.25) is 5.95 Å². The molecule has 10 heteroatoms. The molecule has 4 rings (SSSR count). The number of rotatable bonds is 7. The molecule has 0 atom stereocenters. The third kappa shape index (κ3) is 5.83. The maximum Gasteiger partial charge on any atom is 0.257 e. The topological polar surface area (TPSA) is 114 Å². The van der Waals surface area contributed by atoms with Gasteiger partial charge < -0.3 is 20.6 Å². The first-order valence-electron chi connectivity index (χ1n) is 12.1. The van der Waals surface area contributed by atoms with Crippen LogP contribution in [0.2, 0.25) is 5.02 Å². The summed E-state index contributed by atoms with van der Waals surface area (Å²) in [5.74, 6) is -0.336. The van der Waals surface area contributed by atoms with Crippen LogP contribution in [0.4, 0.5) is 16.2 Å². The number of halogens is 2. The lowest BCUT2D eigenvalue weighted by molar-refractivity contribution is -0.118. The molecule has 0 aliphatic heterocycles. The van der Waals surface area contributed by atoms with E-state index in [1.807, 2.05) is 43.3 Å². The molecule has 2 aromatic carbocycles. The fraction of sp³-hybridized carbons (Fsp3) is 0.333. The van der Waals surface area contributed by atoms with E-state index >= 15 is 0 Å². The van der Waals surface area contributed by atoms with Crippen molar-refractivity contribution in [2.45, 2.75) is 44.7 Å². The van der Waals surface area contributed by atoms with Crippen molar-refractivity contribution in [3.63, 3.8) is 0 Å². The number of carbonyl (C=O) groups excluding carboxylic acids is 1. The Morgan fingerprint density at radius 3 is 2.41 bits per heavy atom. The Hall–Kier alpha value is -3.72. The van der Waals surface area contributed by atoms with Crippen molar-refractivity contribution >= 4 is 45.9 Å². The molecule has 0 spiro atoms. The van der Waals surface area contributed by atoms with E-state index in [1.54, 1.807) is 0 Å². The summed E-state index contributed by atoms with van der Waals surface area (Å²) in [6.07, 6.45) is 2.91. The minimum atomic E-state index is -0.732. The van der Waals surface area contributed by atoms with Crippen molar-refractivity contribution in [2.24, 2.45) is 0 Å². The number of hydrogen-bond donors (Lipinski definition) is 4. The van der Waals surface area contributed by atoms with Gasteiger partial charge >= 0.3 is 0 Å². The normalized spacial score (nSPS) is 18.2. The molecule has 0 bridgehead atoms. The Labute approximate surface area is 220 Å². The maximum atomic E-state index is 14.3. The fourth-order valence-corrected chi connectivity index (χ4v) is 4.87. The lowest BCUT2D eigenvalue weighted by Gasteiger charge is -2.30. The fourth-order valence-electron chi connectivity index (χ4n) is 4.61. The van der Waals surface area contributed by atoms with E-state index < -0.39 is 17.4 Å². The number of aliphatic hydroxyl groups is 1. The Balaban J connectivity index is 1.40. The van der Waals surface area contributed by atoms with Crippen LogP contribution in [0.5, 0.6) is 0 Å². The number of fused-ring (bicyclic) bond motifs is 1. The largest absolute Gasteiger partial charge is 0.512 e. The molecule has 1 aromatic heterocycles. The minimum absolute atomic E-state index is 0.00327. The first-order valence-corrected chi connectivity index (χ1v) is 12.5. The number of para-hydroxylation sites is 1. The Morgan fingerprint density at radius 1 is 1.08 bits per heavy atom. The van der Waals surface area contributed by atoms with Crippen LogP contribution in [0, 0.1) is 11.2 Å². The monoisotopic (exact) mass is 524 g/mol. The maximum absolute atomic E-state index is 14.3. The molecule has 1 aliphatic carbocycles. The average molecular weight is 525 g/mol. The Kier molecular flexibility index (Phi) is 7.92. The van der Waals surface area contributed by atoms with Gasteiger partial charge in [-0.05, 0) is 56.9 Å². The van der Waals surface area contributed by atoms with Crippen LogP contribution in [0.25, 0.3) is 10.9 Å². The zero-order valence-electron chi connectivity index (χ0n) is 21.0. The molecule has 0 unspecified atom stereocenters. The van der Waals surface area contributed by atoms with E-state index in [2.05, 4.69) is 15.6 Å². The van der Waals surface area contributed by atoms with Crippen molar-refractivity contribution in [1.82, 2.24) is 15.3 Å². The Bertz CT molecular complexity index is 1340. The van der Waals surface area contributed by atoms with Crippen LogP contribution in [-0.4, -0.2) is 52.9 Å². The van der Waals surface area contributed by atoms with E-state index in [-0.39, 0.29) is 34.0 Å². The molecule has 1 heterocycles. The van der Waals surface area contributed by atoms with Crippen molar-refractivity contribution in [3.05, 3.63) is 70.2 Å². The van der Waals surface area contributed by atoms with E-state index in [4.69, 9.17) is 22.0 Å². The first-order chi connectivity index (χ1) is 17.7. The van der Waals surface area contributed by atoms with Gasteiger partial charge in [0.25, 0.3) is 5.91 Å². The highest BCUT2D eigenvalue weighted by Crippen LogP contribution is 2.27. The number of amides is 1. The first kappa shape index (κ1) is 26.3. The number of benzene rings is 2. The van der Waals surface area contributed by atoms with E-state index in [1.165, 1.54) is 19.1 Å². The number of aromatic nitrogens is 2. The van der Waals surface area contributed by atoms with Crippen molar-refractivity contribution < 1.29 is 14.3 Å². The number of carbonyl (C=O) groups is 1. The van der Waals surface area contributed by atoms with Gasteiger partial charge in [0.05, 0.1) is 21.8 Å². The van der Waals surface area contributed by atoms with Crippen LogP contribution in [-0.2, 0) is 4.79 Å². The predicted octanol–water partition coefficient (Wildman–Crippen LogP) is 5.23. The number of nitrogens with zero attached hydrogens (tertiary/aromatic N) is 3. The summed E-state index contributed by atoms with van der Waals surface area (Å²) < 4.78 is 14.3. The summed E-state index contributed by atoms with van der Waals surface area (Å²) in [5, 5.41) is 25.8. The highest BCUT2D eigenvalue weighted by Gasteiger charge is 2.28. The molecule has 37 heavy (non-hydrogen) atoms. The highest BCUT2D eigenvalue weighted by molar-refractivity contribution is 6.37. The summed E-state index contributed by atoms with van der Waals surface area (Å²) in [6.45, 7) is 1.30. The third-order valence-electron chi connectivity index (χ3n) is 6.45. The summed E-state index contributed by atoms with van der Waals surface area (Å²) in [6, 6.07) is 11.9. The third-order valence-corrected chi connectivity index (χ3v) is 6.77. The van der Waals surface area contributed by atoms with Gasteiger partial charge in [-0.25, -0.2) is 9.37 Å². The van der Waals surface area contributed by atoms with Crippen LogP contribution < -0.4 is 15.5 Å². The number of aliphatic hydroxyl groups excluding tert-OH is 1. The number of nitrogens with one attached hydrogen (secondary N) is 3. The molecular weight excluding hydrogens is 495 g/mol. The minimum Gasteiger partial charge on any atom is -0.512 e. The van der Waals surface area contributed by atoms with Gasteiger partial charge in [0.15, 0.2) is 0 Å². The zero-order chi connectivity index (χ0) is 26.7. The molecule has 1 saturated carbocycles. The molecule has 3 aromatic rings. The number of anilines is 2. The highest BCUT2D eigenvalue weighted by atomic mass is 35.5. The van der Waals surface area contributed by atoms with Crippen LogP contribution in [0.3, 0.4) is 0 Å². The van der Waals surface area contributed by atoms with Gasteiger partial charge in [-0.2, -0.15) is 4.98 Å². The summed E-state index contributed by atoms with van der Waals surface area (Å²) in [7, 11) is 3.89.